The molecule has 0 aliphatic heterocycles. The average molecular weight is 263 g/mol. The van der Waals surface area contributed by atoms with Crippen LogP contribution in [0.3, 0.4) is 0 Å². The number of methoxy groups -OCH3 is 1. The molecule has 104 valence electrons. The molecule has 4 nitrogen and oxygen atoms in total. The number of para-hydroxylation sites is 1. The third-order valence-electron chi connectivity index (χ3n) is 2.73. The van der Waals surface area contributed by atoms with Crippen molar-refractivity contribution in [2.45, 2.75) is 27.2 Å². The standard InChI is InChI=1S/C15H21NO3/c1-15(2,3)10-13(17)16(4)12-9-7-6-8-11(12)14(18)19-5/h6-9H,10H2,1-5H3. The molecule has 1 aromatic rings. The van der Waals surface area contributed by atoms with E-state index in [0.717, 1.165) is 0 Å². The largest absolute Gasteiger partial charge is 0.465 e. The first-order chi connectivity index (χ1) is 8.76. The van der Waals surface area contributed by atoms with Gasteiger partial charge in [-0.15, -0.1) is 0 Å². The van der Waals surface area contributed by atoms with E-state index in [1.54, 1.807) is 31.3 Å². The van der Waals surface area contributed by atoms with E-state index in [9.17, 15) is 9.59 Å². The Morgan fingerprint density at radius 3 is 2.32 bits per heavy atom. The molecule has 1 aromatic carbocycles. The van der Waals surface area contributed by atoms with E-state index in [2.05, 4.69) is 0 Å². The van der Waals surface area contributed by atoms with Gasteiger partial charge in [-0.1, -0.05) is 32.9 Å². The van der Waals surface area contributed by atoms with Gasteiger partial charge in [0.15, 0.2) is 0 Å². The summed E-state index contributed by atoms with van der Waals surface area (Å²) in [5.41, 5.74) is 0.879. The van der Waals surface area contributed by atoms with Gasteiger partial charge in [0.25, 0.3) is 0 Å². The molecule has 0 unspecified atom stereocenters. The number of esters is 1. The molecule has 0 aromatic heterocycles. The lowest BCUT2D eigenvalue weighted by atomic mass is 9.91. The summed E-state index contributed by atoms with van der Waals surface area (Å²) in [5, 5.41) is 0. The van der Waals surface area contributed by atoms with Crippen molar-refractivity contribution in [1.29, 1.82) is 0 Å². The van der Waals surface area contributed by atoms with Crippen LogP contribution in [0.2, 0.25) is 0 Å². The van der Waals surface area contributed by atoms with E-state index in [4.69, 9.17) is 4.74 Å². The first kappa shape index (κ1) is 15.2. The molecular weight excluding hydrogens is 242 g/mol. The quantitative estimate of drug-likeness (QED) is 0.788. The third-order valence-corrected chi connectivity index (χ3v) is 2.73. The zero-order chi connectivity index (χ0) is 14.6. The maximum Gasteiger partial charge on any atom is 0.339 e. The Morgan fingerprint density at radius 2 is 1.79 bits per heavy atom. The van der Waals surface area contributed by atoms with Gasteiger partial charge in [-0.05, 0) is 17.5 Å². The zero-order valence-electron chi connectivity index (χ0n) is 12.2. The average Bonchev–Trinajstić information content (AvgIpc) is 2.35. The van der Waals surface area contributed by atoms with Gasteiger partial charge in [0.2, 0.25) is 5.91 Å². The molecule has 0 N–H and O–H groups in total. The lowest BCUT2D eigenvalue weighted by Gasteiger charge is -2.24. The van der Waals surface area contributed by atoms with Crippen molar-refractivity contribution in [1.82, 2.24) is 0 Å². The number of amides is 1. The summed E-state index contributed by atoms with van der Waals surface area (Å²) >= 11 is 0. The van der Waals surface area contributed by atoms with Crippen LogP contribution in [0.4, 0.5) is 5.69 Å². The molecular formula is C15H21NO3. The highest BCUT2D eigenvalue weighted by molar-refractivity contribution is 6.02. The van der Waals surface area contributed by atoms with Crippen molar-refractivity contribution in [3.63, 3.8) is 0 Å². The number of rotatable bonds is 3. The normalized spacial score (nSPS) is 11.0. The molecule has 0 atom stereocenters. The van der Waals surface area contributed by atoms with Crippen LogP contribution >= 0.6 is 0 Å². The van der Waals surface area contributed by atoms with Crippen molar-refractivity contribution in [2.24, 2.45) is 5.41 Å². The van der Waals surface area contributed by atoms with Crippen molar-refractivity contribution < 1.29 is 14.3 Å². The second-order valence-electron chi connectivity index (χ2n) is 5.70. The maximum atomic E-state index is 12.2. The predicted molar refractivity (Wildman–Crippen MR) is 75.3 cm³/mol. The Kier molecular flexibility index (Phi) is 4.70. The summed E-state index contributed by atoms with van der Waals surface area (Å²) < 4.78 is 4.73. The Labute approximate surface area is 114 Å². The van der Waals surface area contributed by atoms with Crippen molar-refractivity contribution in [3.8, 4) is 0 Å². The fourth-order valence-electron chi connectivity index (χ4n) is 1.76. The van der Waals surface area contributed by atoms with Gasteiger partial charge in [0, 0.05) is 13.5 Å². The van der Waals surface area contributed by atoms with Crippen molar-refractivity contribution >= 4 is 17.6 Å². The minimum Gasteiger partial charge on any atom is -0.465 e. The fourth-order valence-corrected chi connectivity index (χ4v) is 1.76. The second kappa shape index (κ2) is 5.87. The molecule has 0 aliphatic rings. The van der Waals surface area contributed by atoms with E-state index in [0.29, 0.717) is 17.7 Å². The van der Waals surface area contributed by atoms with E-state index >= 15 is 0 Å². The Bertz CT molecular complexity index is 475. The Morgan fingerprint density at radius 1 is 1.21 bits per heavy atom. The van der Waals surface area contributed by atoms with Gasteiger partial charge in [0.05, 0.1) is 18.4 Å². The molecule has 19 heavy (non-hydrogen) atoms. The first-order valence-electron chi connectivity index (χ1n) is 6.20. The van der Waals surface area contributed by atoms with Crippen molar-refractivity contribution in [2.75, 3.05) is 19.1 Å². The molecule has 1 rings (SSSR count). The predicted octanol–water partition coefficient (Wildman–Crippen LogP) is 2.87. The SMILES string of the molecule is COC(=O)c1ccccc1N(C)C(=O)CC(C)(C)C. The monoisotopic (exact) mass is 263 g/mol. The Balaban J connectivity index is 3.03. The second-order valence-corrected chi connectivity index (χ2v) is 5.70. The number of carbonyl (C=O) groups excluding carboxylic acids is 2. The van der Waals surface area contributed by atoms with Crippen LogP contribution in [0.1, 0.15) is 37.6 Å². The summed E-state index contributed by atoms with van der Waals surface area (Å²) in [6, 6.07) is 6.94. The van der Waals surface area contributed by atoms with E-state index in [-0.39, 0.29) is 11.3 Å². The molecule has 0 saturated heterocycles. The van der Waals surface area contributed by atoms with Crippen LogP contribution in [-0.4, -0.2) is 26.0 Å². The van der Waals surface area contributed by atoms with Crippen LogP contribution in [0.25, 0.3) is 0 Å². The number of carbonyl (C=O) groups is 2. The lowest BCUT2D eigenvalue weighted by molar-refractivity contribution is -0.120. The number of benzene rings is 1. The maximum absolute atomic E-state index is 12.2. The molecule has 0 spiro atoms. The van der Waals surface area contributed by atoms with E-state index < -0.39 is 5.97 Å². The number of nitrogens with zero attached hydrogens (tertiary/aromatic N) is 1. The highest BCUT2D eigenvalue weighted by atomic mass is 16.5. The number of anilines is 1. The minimum atomic E-state index is -0.439. The van der Waals surface area contributed by atoms with Gasteiger partial charge in [0.1, 0.15) is 0 Å². The molecule has 1 amide bonds. The molecule has 4 heteroatoms. The van der Waals surface area contributed by atoms with Gasteiger partial charge in [-0.25, -0.2) is 4.79 Å². The fraction of sp³-hybridized carbons (Fsp3) is 0.467. The summed E-state index contributed by atoms with van der Waals surface area (Å²) in [6.07, 6.45) is 0.416. The van der Waals surface area contributed by atoms with Gasteiger partial charge in [-0.2, -0.15) is 0 Å². The lowest BCUT2D eigenvalue weighted by Crippen LogP contribution is -2.31. The molecule has 0 heterocycles. The van der Waals surface area contributed by atoms with E-state index in [1.165, 1.54) is 12.0 Å². The van der Waals surface area contributed by atoms with Gasteiger partial charge >= 0.3 is 5.97 Å². The van der Waals surface area contributed by atoms with E-state index in [1.807, 2.05) is 20.8 Å². The van der Waals surface area contributed by atoms with Gasteiger partial charge in [-0.3, -0.25) is 4.79 Å². The molecule has 0 radical (unpaired) electrons. The molecule has 0 aliphatic carbocycles. The summed E-state index contributed by atoms with van der Waals surface area (Å²) in [5.74, 6) is -0.463. The van der Waals surface area contributed by atoms with Crippen LogP contribution in [0, 0.1) is 5.41 Å². The summed E-state index contributed by atoms with van der Waals surface area (Å²) in [7, 11) is 3.01. The highest BCUT2D eigenvalue weighted by Gasteiger charge is 2.22. The molecule has 0 fully saturated rings. The number of hydrogen-bond acceptors (Lipinski definition) is 3. The minimum absolute atomic E-state index is 0.0242. The molecule has 0 saturated carbocycles. The summed E-state index contributed by atoms with van der Waals surface area (Å²) in [6.45, 7) is 6.01. The van der Waals surface area contributed by atoms with Gasteiger partial charge < -0.3 is 9.64 Å². The highest BCUT2D eigenvalue weighted by Crippen LogP contribution is 2.24. The number of ether oxygens (including phenoxy) is 1. The van der Waals surface area contributed by atoms with Crippen molar-refractivity contribution in [3.05, 3.63) is 29.8 Å². The van der Waals surface area contributed by atoms with Crippen LogP contribution in [0.15, 0.2) is 24.3 Å². The smallest absolute Gasteiger partial charge is 0.339 e. The topological polar surface area (TPSA) is 46.6 Å². The van der Waals surface area contributed by atoms with Crippen LogP contribution in [-0.2, 0) is 9.53 Å². The Hall–Kier alpha value is -1.84. The van der Waals surface area contributed by atoms with Crippen LogP contribution in [0.5, 0.6) is 0 Å². The summed E-state index contributed by atoms with van der Waals surface area (Å²) in [4.78, 5) is 25.4. The molecule has 0 bridgehead atoms. The first-order valence-corrected chi connectivity index (χ1v) is 6.20. The zero-order valence-corrected chi connectivity index (χ0v) is 12.2. The van der Waals surface area contributed by atoms with Crippen LogP contribution < -0.4 is 4.90 Å². The third kappa shape index (κ3) is 4.09. The number of hydrogen-bond donors (Lipinski definition) is 0.